The lowest BCUT2D eigenvalue weighted by Gasteiger charge is -2.49. The number of benzene rings is 1. The Labute approximate surface area is 168 Å². The molecule has 2 bridgehead atoms. The van der Waals surface area contributed by atoms with Crippen LogP contribution >= 0.6 is 11.6 Å². The van der Waals surface area contributed by atoms with Gasteiger partial charge < -0.3 is 9.80 Å². The molecule has 3 aliphatic rings. The van der Waals surface area contributed by atoms with Crippen molar-refractivity contribution in [2.45, 2.75) is 31.8 Å². The second-order valence-electron chi connectivity index (χ2n) is 7.61. The molecule has 7 nitrogen and oxygen atoms in total. The van der Waals surface area contributed by atoms with E-state index in [1.807, 2.05) is 6.92 Å². The minimum Gasteiger partial charge on any atom is -0.339 e. The molecule has 0 aliphatic carbocycles. The Morgan fingerprint density at radius 2 is 1.79 bits per heavy atom. The topological polar surface area (TPSA) is 78.0 Å². The van der Waals surface area contributed by atoms with E-state index in [2.05, 4.69) is 0 Å². The highest BCUT2D eigenvalue weighted by Crippen LogP contribution is 2.53. The average Bonchev–Trinajstić information content (AvgIpc) is 3.07. The number of rotatable bonds is 3. The third-order valence-electron chi connectivity index (χ3n) is 6.56. The maximum atomic E-state index is 13.5. The van der Waals surface area contributed by atoms with Crippen LogP contribution in [0.5, 0.6) is 0 Å². The van der Waals surface area contributed by atoms with Crippen LogP contribution in [0.2, 0.25) is 5.02 Å². The van der Waals surface area contributed by atoms with Crippen molar-refractivity contribution in [2.24, 2.45) is 11.8 Å². The number of likely N-dealkylation sites (N-methyl/N-ethyl adjacent to an activating group) is 1. The number of hydrogen-bond acceptors (Lipinski definition) is 4. The van der Waals surface area contributed by atoms with Gasteiger partial charge in [0.1, 0.15) is 5.54 Å². The SMILES string of the molecule is CCN1CC2C3C(=O)N(C)C(=O)C3[C@](CC)(C1=O)N2C(=O)c1ccc(Cl)cc1. The van der Waals surface area contributed by atoms with Gasteiger partial charge in [0.2, 0.25) is 17.7 Å². The zero-order valence-electron chi connectivity index (χ0n) is 16.0. The third kappa shape index (κ3) is 2.16. The van der Waals surface area contributed by atoms with Crippen molar-refractivity contribution >= 4 is 35.2 Å². The van der Waals surface area contributed by atoms with Gasteiger partial charge in [0.25, 0.3) is 5.91 Å². The molecule has 0 saturated carbocycles. The Balaban J connectivity index is 1.89. The summed E-state index contributed by atoms with van der Waals surface area (Å²) in [4.78, 5) is 57.1. The van der Waals surface area contributed by atoms with Crippen molar-refractivity contribution in [1.82, 2.24) is 14.7 Å². The second kappa shape index (κ2) is 6.30. The maximum absolute atomic E-state index is 13.5. The van der Waals surface area contributed by atoms with Crippen LogP contribution in [0.15, 0.2) is 24.3 Å². The molecule has 3 saturated heterocycles. The van der Waals surface area contributed by atoms with E-state index in [0.29, 0.717) is 17.1 Å². The highest BCUT2D eigenvalue weighted by Gasteiger charge is 2.74. The average molecular weight is 404 g/mol. The van der Waals surface area contributed by atoms with Crippen LogP contribution in [0, 0.1) is 11.8 Å². The monoisotopic (exact) mass is 403 g/mol. The van der Waals surface area contributed by atoms with Gasteiger partial charge in [-0.25, -0.2) is 0 Å². The van der Waals surface area contributed by atoms with Crippen molar-refractivity contribution in [3.05, 3.63) is 34.9 Å². The molecule has 3 heterocycles. The minimum atomic E-state index is -1.34. The first-order valence-corrected chi connectivity index (χ1v) is 9.87. The van der Waals surface area contributed by atoms with E-state index in [1.54, 1.807) is 36.1 Å². The number of piperazine rings is 1. The molecule has 0 spiro atoms. The first kappa shape index (κ1) is 18.9. The number of hydrogen-bond donors (Lipinski definition) is 0. The van der Waals surface area contributed by atoms with Gasteiger partial charge >= 0.3 is 0 Å². The van der Waals surface area contributed by atoms with E-state index in [4.69, 9.17) is 11.6 Å². The fraction of sp³-hybridized carbons (Fsp3) is 0.500. The minimum absolute atomic E-state index is 0.250. The summed E-state index contributed by atoms with van der Waals surface area (Å²) in [5, 5.41) is 0.500. The standard InChI is InChI=1S/C20H22ClN3O4/c1-4-20-15-14(17(26)22(3)18(15)27)13(10-23(5-2)19(20)28)24(20)16(25)11-6-8-12(21)9-7-11/h6-9,13-15H,4-5,10H2,1-3H3/t13?,14?,15?,20-/m1/s1. The van der Waals surface area contributed by atoms with Crippen LogP contribution in [0.1, 0.15) is 30.6 Å². The fourth-order valence-electron chi connectivity index (χ4n) is 5.22. The molecule has 148 valence electrons. The van der Waals surface area contributed by atoms with E-state index in [1.165, 1.54) is 11.9 Å². The summed E-state index contributed by atoms with van der Waals surface area (Å²) in [6, 6.07) is 5.92. The Morgan fingerprint density at radius 1 is 1.14 bits per heavy atom. The Hall–Kier alpha value is -2.41. The van der Waals surface area contributed by atoms with E-state index in [0.717, 1.165) is 4.90 Å². The molecular weight excluding hydrogens is 382 g/mol. The molecular formula is C20H22ClN3O4. The molecule has 1 aromatic rings. The zero-order chi connectivity index (χ0) is 20.4. The molecule has 3 fully saturated rings. The van der Waals surface area contributed by atoms with Crippen molar-refractivity contribution in [2.75, 3.05) is 20.1 Å². The number of halogens is 1. The summed E-state index contributed by atoms with van der Waals surface area (Å²) < 4.78 is 0. The van der Waals surface area contributed by atoms with Gasteiger partial charge in [0, 0.05) is 30.7 Å². The lowest BCUT2D eigenvalue weighted by atomic mass is 9.78. The summed E-state index contributed by atoms with van der Waals surface area (Å²) >= 11 is 5.94. The molecule has 4 atom stereocenters. The lowest BCUT2D eigenvalue weighted by Crippen LogP contribution is -2.69. The molecule has 8 heteroatoms. The molecule has 3 aliphatic heterocycles. The zero-order valence-corrected chi connectivity index (χ0v) is 16.8. The first-order valence-electron chi connectivity index (χ1n) is 9.49. The molecule has 4 amide bonds. The predicted molar refractivity (Wildman–Crippen MR) is 101 cm³/mol. The quantitative estimate of drug-likeness (QED) is 0.715. The van der Waals surface area contributed by atoms with Crippen LogP contribution in [0.25, 0.3) is 0 Å². The van der Waals surface area contributed by atoms with Gasteiger partial charge in [-0.3, -0.25) is 24.1 Å². The number of fused-ring (bicyclic) bond motifs is 5. The number of likely N-dealkylation sites (tertiary alicyclic amines) is 2. The number of carbonyl (C=O) groups is 4. The van der Waals surface area contributed by atoms with Crippen LogP contribution in [0.3, 0.4) is 0 Å². The van der Waals surface area contributed by atoms with Crippen molar-refractivity contribution < 1.29 is 19.2 Å². The molecule has 1 aromatic carbocycles. The first-order chi connectivity index (χ1) is 13.3. The molecule has 0 aromatic heterocycles. The highest BCUT2D eigenvalue weighted by molar-refractivity contribution is 6.30. The third-order valence-corrected chi connectivity index (χ3v) is 6.81. The van der Waals surface area contributed by atoms with Crippen molar-refractivity contribution in [3.63, 3.8) is 0 Å². The molecule has 28 heavy (non-hydrogen) atoms. The smallest absolute Gasteiger partial charge is 0.255 e. The number of amides is 4. The summed E-state index contributed by atoms with van der Waals surface area (Å²) in [5.41, 5.74) is -0.948. The highest BCUT2D eigenvalue weighted by atomic mass is 35.5. The Bertz CT molecular complexity index is 886. The molecule has 3 unspecified atom stereocenters. The van der Waals surface area contributed by atoms with E-state index in [9.17, 15) is 19.2 Å². The van der Waals surface area contributed by atoms with Gasteiger partial charge in [-0.2, -0.15) is 0 Å². The largest absolute Gasteiger partial charge is 0.339 e. The van der Waals surface area contributed by atoms with Crippen LogP contribution < -0.4 is 0 Å². The molecule has 0 radical (unpaired) electrons. The van der Waals surface area contributed by atoms with Gasteiger partial charge in [-0.15, -0.1) is 0 Å². The van der Waals surface area contributed by atoms with E-state index < -0.39 is 23.4 Å². The van der Waals surface area contributed by atoms with Gasteiger partial charge in [-0.05, 0) is 37.6 Å². The summed E-state index contributed by atoms with van der Waals surface area (Å²) in [7, 11) is 1.45. The fourth-order valence-corrected chi connectivity index (χ4v) is 5.35. The van der Waals surface area contributed by atoms with Crippen LogP contribution in [-0.4, -0.2) is 70.0 Å². The van der Waals surface area contributed by atoms with Crippen LogP contribution in [0.4, 0.5) is 0 Å². The maximum Gasteiger partial charge on any atom is 0.255 e. The summed E-state index contributed by atoms with van der Waals surface area (Å²) in [6.45, 7) is 4.39. The molecule has 4 rings (SSSR count). The normalized spacial score (nSPS) is 31.6. The van der Waals surface area contributed by atoms with E-state index in [-0.39, 0.29) is 36.6 Å². The van der Waals surface area contributed by atoms with Crippen molar-refractivity contribution in [3.8, 4) is 0 Å². The van der Waals surface area contributed by atoms with Gasteiger partial charge in [-0.1, -0.05) is 18.5 Å². The Morgan fingerprint density at radius 3 is 2.36 bits per heavy atom. The predicted octanol–water partition coefficient (Wildman–Crippen LogP) is 1.41. The summed E-state index contributed by atoms with van der Waals surface area (Å²) in [5.74, 6) is -2.80. The van der Waals surface area contributed by atoms with Gasteiger partial charge in [0.15, 0.2) is 0 Å². The summed E-state index contributed by atoms with van der Waals surface area (Å²) in [6.07, 6.45) is 0.270. The van der Waals surface area contributed by atoms with Crippen LogP contribution in [-0.2, 0) is 14.4 Å². The number of carbonyl (C=O) groups excluding carboxylic acids is 4. The lowest BCUT2D eigenvalue weighted by molar-refractivity contribution is -0.156. The molecule has 0 N–H and O–H groups in total. The number of nitrogens with zero attached hydrogens (tertiary/aromatic N) is 3. The number of imide groups is 1. The van der Waals surface area contributed by atoms with Crippen molar-refractivity contribution in [1.29, 1.82) is 0 Å². The van der Waals surface area contributed by atoms with Gasteiger partial charge in [0.05, 0.1) is 17.9 Å². The Kier molecular flexibility index (Phi) is 4.26. The van der Waals surface area contributed by atoms with E-state index >= 15 is 0 Å². The second-order valence-corrected chi connectivity index (χ2v) is 8.05.